The van der Waals surface area contributed by atoms with Crippen molar-refractivity contribution in [2.45, 2.75) is 154 Å². The number of hydrogen-bond donors (Lipinski definition) is 3. The highest BCUT2D eigenvalue weighted by Crippen LogP contribution is 2.43. The molecule has 3 atom stereocenters. The maximum Gasteiger partial charge on any atom is 0.472 e. The molecule has 0 heterocycles. The Bertz CT molecular complexity index is 746. The first kappa shape index (κ1) is 41.7. The van der Waals surface area contributed by atoms with Crippen LogP contribution in [0.2, 0.25) is 0 Å². The van der Waals surface area contributed by atoms with E-state index >= 15 is 0 Å². The van der Waals surface area contributed by atoms with Gasteiger partial charge in [0.15, 0.2) is 0 Å². The summed E-state index contributed by atoms with van der Waals surface area (Å²) in [5.41, 5.74) is 0. The molecule has 10 nitrogen and oxygen atoms in total. The lowest BCUT2D eigenvalue weighted by Gasteiger charge is -2.20. The van der Waals surface area contributed by atoms with Crippen molar-refractivity contribution in [3.63, 3.8) is 0 Å². The fourth-order valence-electron chi connectivity index (χ4n) is 4.35. The normalized spacial score (nSPS) is 14.4. The van der Waals surface area contributed by atoms with Crippen LogP contribution in [0, 0.1) is 0 Å². The van der Waals surface area contributed by atoms with Crippen LogP contribution in [0.1, 0.15) is 142 Å². The number of phosphoric ester groups is 1. The molecule has 0 rings (SSSR count). The third-order valence-corrected chi connectivity index (χ3v) is 7.91. The van der Waals surface area contributed by atoms with E-state index < -0.39 is 58.4 Å². The van der Waals surface area contributed by atoms with E-state index in [2.05, 4.69) is 26.0 Å². The van der Waals surface area contributed by atoms with Crippen LogP contribution < -0.4 is 0 Å². The highest BCUT2D eigenvalue weighted by molar-refractivity contribution is 7.47. The predicted octanol–water partition coefficient (Wildman–Crippen LogP) is 7.33. The largest absolute Gasteiger partial charge is 0.472 e. The summed E-state index contributed by atoms with van der Waals surface area (Å²) in [6, 6.07) is 0. The molecule has 3 N–H and O–H groups in total. The molecule has 0 radical (unpaired) electrons. The van der Waals surface area contributed by atoms with Gasteiger partial charge >= 0.3 is 19.8 Å². The average Bonchev–Trinajstić information content (AvgIpc) is 2.99. The second kappa shape index (κ2) is 29.4. The summed E-state index contributed by atoms with van der Waals surface area (Å²) in [6.45, 7) is 2.08. The van der Waals surface area contributed by atoms with E-state index in [0.717, 1.165) is 64.2 Å². The second-order valence-corrected chi connectivity index (χ2v) is 12.6. The highest BCUT2D eigenvalue weighted by atomic mass is 31.2. The molecule has 3 unspecified atom stereocenters. The zero-order chi connectivity index (χ0) is 32.0. The van der Waals surface area contributed by atoms with Crippen LogP contribution in [0.4, 0.5) is 0 Å². The summed E-state index contributed by atoms with van der Waals surface area (Å²) in [7, 11) is -4.62. The number of phosphoric acid groups is 1. The second-order valence-electron chi connectivity index (χ2n) is 11.1. The average molecular weight is 637 g/mol. The summed E-state index contributed by atoms with van der Waals surface area (Å²) in [6.07, 6.45) is 22.1. The lowest BCUT2D eigenvalue weighted by Crippen LogP contribution is -2.28. The van der Waals surface area contributed by atoms with Gasteiger partial charge in [0.1, 0.15) is 12.2 Å². The molecule has 0 aromatic carbocycles. The van der Waals surface area contributed by atoms with Gasteiger partial charge in [-0.3, -0.25) is 18.6 Å². The monoisotopic (exact) mass is 636 g/mol. The van der Waals surface area contributed by atoms with Crippen LogP contribution in [-0.2, 0) is 32.7 Å². The molecule has 0 saturated carbocycles. The number of aliphatic hydroxyl groups excluding tert-OH is 2. The number of hydrogen-bond acceptors (Lipinski definition) is 9. The zero-order valence-corrected chi connectivity index (χ0v) is 27.8. The minimum Gasteiger partial charge on any atom is -0.457 e. The molecule has 0 aromatic rings. The number of unbranched alkanes of at least 4 members (excludes halogenated alkanes) is 15. The Morgan fingerprint density at radius 1 is 0.605 bits per heavy atom. The molecule has 0 aliphatic rings. The van der Waals surface area contributed by atoms with Gasteiger partial charge in [0.05, 0.1) is 26.4 Å². The quantitative estimate of drug-likeness (QED) is 0.0306. The number of carbonyl (C=O) groups excluding carboxylic acids is 2. The molecule has 0 aliphatic carbocycles. The van der Waals surface area contributed by atoms with Crippen LogP contribution in [-0.4, -0.2) is 65.7 Å². The summed E-state index contributed by atoms with van der Waals surface area (Å²) in [4.78, 5) is 34.1. The Balaban J connectivity index is 4.06. The molecular formula is C32H61O10P. The van der Waals surface area contributed by atoms with E-state index in [0.29, 0.717) is 12.8 Å². The lowest BCUT2D eigenvalue weighted by atomic mass is 10.1. The van der Waals surface area contributed by atoms with E-state index in [4.69, 9.17) is 18.5 Å². The Morgan fingerprint density at radius 2 is 1.00 bits per heavy atom. The zero-order valence-electron chi connectivity index (χ0n) is 26.9. The fourth-order valence-corrected chi connectivity index (χ4v) is 5.13. The molecule has 0 saturated heterocycles. The lowest BCUT2D eigenvalue weighted by molar-refractivity contribution is -0.153. The van der Waals surface area contributed by atoms with Crippen molar-refractivity contribution in [3.8, 4) is 0 Å². The number of aliphatic hydroxyl groups is 2. The van der Waals surface area contributed by atoms with E-state index in [-0.39, 0.29) is 12.8 Å². The molecule has 0 bridgehead atoms. The minimum absolute atomic E-state index is 0.183. The van der Waals surface area contributed by atoms with E-state index in [1.165, 1.54) is 38.5 Å². The van der Waals surface area contributed by atoms with Crippen LogP contribution in [0.25, 0.3) is 0 Å². The van der Waals surface area contributed by atoms with Crippen LogP contribution >= 0.6 is 7.82 Å². The van der Waals surface area contributed by atoms with Crippen molar-refractivity contribution in [1.82, 2.24) is 0 Å². The van der Waals surface area contributed by atoms with Crippen LogP contribution in [0.5, 0.6) is 0 Å². The molecule has 0 spiro atoms. The predicted molar refractivity (Wildman–Crippen MR) is 168 cm³/mol. The number of rotatable bonds is 31. The smallest absolute Gasteiger partial charge is 0.457 e. The van der Waals surface area contributed by atoms with Crippen LogP contribution in [0.3, 0.4) is 0 Å². The van der Waals surface area contributed by atoms with Gasteiger partial charge in [-0.05, 0) is 32.1 Å². The van der Waals surface area contributed by atoms with Crippen molar-refractivity contribution >= 4 is 19.8 Å². The van der Waals surface area contributed by atoms with E-state index in [1.54, 1.807) is 0 Å². The SMILES string of the molecule is CCC/C=C\CCCCCCCC(=O)OC(CO)COP(=O)(O)OCC(CO)OC(=O)CCCCCCCCCCCC. The van der Waals surface area contributed by atoms with Gasteiger partial charge in [0, 0.05) is 12.8 Å². The molecule has 254 valence electrons. The molecule has 0 fully saturated rings. The van der Waals surface area contributed by atoms with Gasteiger partial charge in [-0.1, -0.05) is 109 Å². The molecule has 11 heteroatoms. The summed E-state index contributed by atoms with van der Waals surface area (Å²) in [5.74, 6) is -1.03. The first-order valence-electron chi connectivity index (χ1n) is 16.6. The van der Waals surface area contributed by atoms with Crippen LogP contribution in [0.15, 0.2) is 12.2 Å². The maximum absolute atomic E-state index is 12.2. The molecule has 43 heavy (non-hydrogen) atoms. The third-order valence-electron chi connectivity index (χ3n) is 6.96. The topological polar surface area (TPSA) is 149 Å². The number of ether oxygens (including phenoxy) is 2. The Morgan fingerprint density at radius 3 is 1.42 bits per heavy atom. The van der Waals surface area contributed by atoms with Gasteiger partial charge in [0.2, 0.25) is 0 Å². The molecule has 0 aromatic heterocycles. The molecular weight excluding hydrogens is 575 g/mol. The maximum atomic E-state index is 12.2. The summed E-state index contributed by atoms with van der Waals surface area (Å²) < 4.78 is 32.2. The van der Waals surface area contributed by atoms with Gasteiger partial charge in [-0.15, -0.1) is 0 Å². The van der Waals surface area contributed by atoms with E-state index in [9.17, 15) is 29.3 Å². The summed E-state index contributed by atoms with van der Waals surface area (Å²) >= 11 is 0. The Kier molecular flexibility index (Phi) is 28.5. The summed E-state index contributed by atoms with van der Waals surface area (Å²) in [5, 5.41) is 19.0. The van der Waals surface area contributed by atoms with Crippen molar-refractivity contribution in [1.29, 1.82) is 0 Å². The highest BCUT2D eigenvalue weighted by Gasteiger charge is 2.27. The first-order chi connectivity index (χ1) is 20.8. The van der Waals surface area contributed by atoms with Gasteiger partial charge in [-0.25, -0.2) is 4.57 Å². The molecule has 0 amide bonds. The van der Waals surface area contributed by atoms with Gasteiger partial charge in [0.25, 0.3) is 0 Å². The van der Waals surface area contributed by atoms with Crippen molar-refractivity contribution in [2.24, 2.45) is 0 Å². The van der Waals surface area contributed by atoms with E-state index in [1.807, 2.05) is 0 Å². The first-order valence-corrected chi connectivity index (χ1v) is 18.1. The minimum atomic E-state index is -4.62. The fraction of sp³-hybridized carbons (Fsp3) is 0.875. The standard InChI is InChI=1S/C32H61O10P/c1-3-5-7-9-11-13-15-17-19-21-23-31(35)41-29(25-33)27-39-43(37,38)40-28-30(26-34)42-32(36)24-22-20-18-16-14-12-10-8-6-4-2/h7,9,29-30,33-34H,3-6,8,10-28H2,1-2H3,(H,37,38)/b9-7-. The Hall–Kier alpha value is -1.29. The Labute approximate surface area is 260 Å². The van der Waals surface area contributed by atoms with Crippen molar-refractivity contribution < 1.29 is 47.8 Å². The molecule has 0 aliphatic heterocycles. The number of carbonyl (C=O) groups is 2. The third kappa shape index (κ3) is 28.0. The number of allylic oxidation sites excluding steroid dienone is 2. The number of esters is 2. The van der Waals surface area contributed by atoms with Gasteiger partial charge < -0.3 is 24.6 Å². The van der Waals surface area contributed by atoms with Crippen molar-refractivity contribution in [3.05, 3.63) is 12.2 Å². The van der Waals surface area contributed by atoms with Gasteiger partial charge in [-0.2, -0.15) is 0 Å². The van der Waals surface area contributed by atoms with Crippen molar-refractivity contribution in [2.75, 3.05) is 26.4 Å².